The second kappa shape index (κ2) is 11.0. The SMILES string of the molecule is COC(=O)[C@H]1CCC[C@H](Oc2ccc(-c3nnn(C)c3CO[C@H]3CCCCO3)nc2C2COC2)C1. The summed E-state index contributed by atoms with van der Waals surface area (Å²) in [6.45, 7) is 2.30. The van der Waals surface area contributed by atoms with Gasteiger partial charge in [0, 0.05) is 13.7 Å². The lowest BCUT2D eigenvalue weighted by Crippen LogP contribution is -2.32. The monoisotopic (exact) mass is 486 g/mol. The second-order valence-corrected chi connectivity index (χ2v) is 9.56. The zero-order valence-corrected chi connectivity index (χ0v) is 20.5. The minimum absolute atomic E-state index is 0.0452. The fraction of sp³-hybridized carbons (Fsp3) is 0.680. The smallest absolute Gasteiger partial charge is 0.308 e. The van der Waals surface area contributed by atoms with Gasteiger partial charge >= 0.3 is 5.97 Å². The van der Waals surface area contributed by atoms with E-state index >= 15 is 0 Å². The Morgan fingerprint density at radius 2 is 2.06 bits per heavy atom. The molecule has 4 heterocycles. The van der Waals surface area contributed by atoms with E-state index in [0.29, 0.717) is 31.9 Å². The predicted molar refractivity (Wildman–Crippen MR) is 125 cm³/mol. The molecular weight excluding hydrogens is 452 g/mol. The number of hydrogen-bond acceptors (Lipinski definition) is 9. The average molecular weight is 487 g/mol. The summed E-state index contributed by atoms with van der Waals surface area (Å²) in [4.78, 5) is 17.0. The fourth-order valence-electron chi connectivity index (χ4n) is 4.94. The van der Waals surface area contributed by atoms with E-state index in [4.69, 9.17) is 28.7 Å². The summed E-state index contributed by atoms with van der Waals surface area (Å²) in [6, 6.07) is 3.88. The van der Waals surface area contributed by atoms with E-state index in [1.165, 1.54) is 7.11 Å². The molecule has 2 aromatic heterocycles. The average Bonchev–Trinajstić information content (AvgIpc) is 3.23. The number of methoxy groups -OCH3 is 1. The van der Waals surface area contributed by atoms with Gasteiger partial charge in [-0.2, -0.15) is 0 Å². The van der Waals surface area contributed by atoms with Crippen LogP contribution in [0.1, 0.15) is 62.3 Å². The van der Waals surface area contributed by atoms with Gasteiger partial charge in [0.1, 0.15) is 11.4 Å². The summed E-state index contributed by atoms with van der Waals surface area (Å²) in [5.41, 5.74) is 3.14. The highest BCUT2D eigenvalue weighted by Gasteiger charge is 2.32. The Hall–Kier alpha value is -2.56. The first-order chi connectivity index (χ1) is 17.1. The van der Waals surface area contributed by atoms with Crippen LogP contribution < -0.4 is 4.74 Å². The summed E-state index contributed by atoms with van der Waals surface area (Å²) in [6.07, 6.45) is 6.19. The molecule has 1 aliphatic carbocycles. The lowest BCUT2D eigenvalue weighted by Gasteiger charge is -2.31. The van der Waals surface area contributed by atoms with Crippen molar-refractivity contribution in [2.75, 3.05) is 26.9 Å². The van der Waals surface area contributed by atoms with Crippen LogP contribution in [0.4, 0.5) is 0 Å². The quantitative estimate of drug-likeness (QED) is 0.520. The Morgan fingerprint density at radius 3 is 2.80 bits per heavy atom. The summed E-state index contributed by atoms with van der Waals surface area (Å²) in [7, 11) is 3.30. The maximum absolute atomic E-state index is 12.0. The van der Waals surface area contributed by atoms with Gasteiger partial charge in [-0.15, -0.1) is 5.10 Å². The predicted octanol–water partition coefficient (Wildman–Crippen LogP) is 3.14. The van der Waals surface area contributed by atoms with Crippen LogP contribution in [0.5, 0.6) is 5.75 Å². The summed E-state index contributed by atoms with van der Waals surface area (Å²) in [5.74, 6) is 0.638. The molecule has 190 valence electrons. The van der Waals surface area contributed by atoms with Crippen molar-refractivity contribution in [2.24, 2.45) is 13.0 Å². The normalized spacial score (nSPS) is 25.1. The van der Waals surface area contributed by atoms with Crippen LogP contribution >= 0.6 is 0 Å². The molecule has 2 aliphatic heterocycles. The van der Waals surface area contributed by atoms with Gasteiger partial charge in [-0.25, -0.2) is 9.67 Å². The number of esters is 1. The van der Waals surface area contributed by atoms with Crippen molar-refractivity contribution in [2.45, 2.75) is 69.9 Å². The maximum atomic E-state index is 12.0. The topological polar surface area (TPSA) is 107 Å². The van der Waals surface area contributed by atoms with Gasteiger partial charge in [-0.3, -0.25) is 4.79 Å². The molecule has 0 radical (unpaired) electrons. The van der Waals surface area contributed by atoms with Gasteiger partial charge in [-0.1, -0.05) is 5.21 Å². The molecule has 10 heteroatoms. The first-order valence-corrected chi connectivity index (χ1v) is 12.6. The Morgan fingerprint density at radius 1 is 1.17 bits per heavy atom. The van der Waals surface area contributed by atoms with Gasteiger partial charge in [0.2, 0.25) is 0 Å². The minimum Gasteiger partial charge on any atom is -0.488 e. The number of carbonyl (C=O) groups is 1. The molecule has 0 aromatic carbocycles. The lowest BCUT2D eigenvalue weighted by atomic mass is 9.87. The van der Waals surface area contributed by atoms with E-state index in [9.17, 15) is 4.79 Å². The van der Waals surface area contributed by atoms with Crippen molar-refractivity contribution >= 4 is 5.97 Å². The molecule has 35 heavy (non-hydrogen) atoms. The largest absolute Gasteiger partial charge is 0.488 e. The molecule has 5 rings (SSSR count). The van der Waals surface area contributed by atoms with Crippen LogP contribution in [0.2, 0.25) is 0 Å². The van der Waals surface area contributed by atoms with Crippen LogP contribution in [0, 0.1) is 5.92 Å². The van der Waals surface area contributed by atoms with Crippen LogP contribution in [0.3, 0.4) is 0 Å². The number of nitrogens with zero attached hydrogens (tertiary/aromatic N) is 4. The number of aryl methyl sites for hydroxylation is 1. The molecule has 3 atom stereocenters. The Kier molecular flexibility index (Phi) is 7.60. The van der Waals surface area contributed by atoms with Gasteiger partial charge in [-0.05, 0) is 57.1 Å². The Bertz CT molecular complexity index is 1020. The van der Waals surface area contributed by atoms with Crippen LogP contribution in [0.15, 0.2) is 12.1 Å². The fourth-order valence-corrected chi connectivity index (χ4v) is 4.94. The highest BCUT2D eigenvalue weighted by molar-refractivity contribution is 5.72. The number of rotatable bonds is 8. The number of ether oxygens (including phenoxy) is 5. The van der Waals surface area contributed by atoms with Crippen molar-refractivity contribution in [1.29, 1.82) is 0 Å². The molecule has 0 unspecified atom stereocenters. The van der Waals surface area contributed by atoms with Crippen molar-refractivity contribution < 1.29 is 28.5 Å². The van der Waals surface area contributed by atoms with E-state index < -0.39 is 0 Å². The number of pyridine rings is 1. The zero-order valence-electron chi connectivity index (χ0n) is 20.5. The molecule has 1 saturated carbocycles. The molecule has 10 nitrogen and oxygen atoms in total. The van der Waals surface area contributed by atoms with Gasteiger partial charge < -0.3 is 23.7 Å². The highest BCUT2D eigenvalue weighted by atomic mass is 16.7. The van der Waals surface area contributed by atoms with Crippen LogP contribution in [-0.4, -0.2) is 65.3 Å². The third-order valence-electron chi connectivity index (χ3n) is 7.09. The van der Waals surface area contributed by atoms with E-state index in [1.807, 2.05) is 19.2 Å². The van der Waals surface area contributed by atoms with Crippen LogP contribution in [0.25, 0.3) is 11.4 Å². The van der Waals surface area contributed by atoms with Gasteiger partial charge in [0.25, 0.3) is 0 Å². The first-order valence-electron chi connectivity index (χ1n) is 12.6. The Labute approximate surface area is 205 Å². The van der Waals surface area contributed by atoms with Gasteiger partial charge in [0.15, 0.2) is 6.29 Å². The van der Waals surface area contributed by atoms with E-state index in [2.05, 4.69) is 10.3 Å². The molecule has 0 spiro atoms. The molecule has 3 fully saturated rings. The number of aromatic nitrogens is 4. The third-order valence-corrected chi connectivity index (χ3v) is 7.09. The number of carbonyl (C=O) groups excluding carboxylic acids is 1. The van der Waals surface area contributed by atoms with E-state index in [0.717, 1.165) is 68.0 Å². The molecular formula is C25H34N4O6. The minimum atomic E-state index is -0.192. The lowest BCUT2D eigenvalue weighted by molar-refractivity contribution is -0.169. The first kappa shape index (κ1) is 24.1. The molecule has 0 bridgehead atoms. The highest BCUT2D eigenvalue weighted by Crippen LogP contribution is 2.36. The molecule has 2 saturated heterocycles. The van der Waals surface area contributed by atoms with Crippen molar-refractivity contribution in [3.05, 3.63) is 23.5 Å². The second-order valence-electron chi connectivity index (χ2n) is 9.56. The van der Waals surface area contributed by atoms with Crippen molar-refractivity contribution in [1.82, 2.24) is 20.0 Å². The molecule has 3 aliphatic rings. The van der Waals surface area contributed by atoms with Gasteiger partial charge in [0.05, 0.1) is 62.0 Å². The summed E-state index contributed by atoms with van der Waals surface area (Å²) >= 11 is 0. The molecule has 0 amide bonds. The van der Waals surface area contributed by atoms with E-state index in [1.54, 1.807) is 4.68 Å². The van der Waals surface area contributed by atoms with Crippen molar-refractivity contribution in [3.8, 4) is 17.1 Å². The number of hydrogen-bond donors (Lipinski definition) is 0. The van der Waals surface area contributed by atoms with E-state index in [-0.39, 0.29) is 30.2 Å². The Balaban J connectivity index is 1.34. The molecule has 0 N–H and O–H groups in total. The van der Waals surface area contributed by atoms with Crippen molar-refractivity contribution in [3.63, 3.8) is 0 Å². The molecule has 2 aromatic rings. The summed E-state index contributed by atoms with van der Waals surface area (Å²) in [5, 5.41) is 8.60. The van der Waals surface area contributed by atoms with Crippen LogP contribution in [-0.2, 0) is 37.4 Å². The standard InChI is InChI=1S/C25H34N4O6/c1-29-20(15-34-22-8-3-4-11-33-22)24(27-28-29)19-9-10-21(23(26-19)17-13-32-14-17)35-18-7-5-6-16(12-18)25(30)31-2/h9-10,16-18,22H,3-8,11-15H2,1-2H3/t16-,18-,22-/m0/s1. The maximum Gasteiger partial charge on any atom is 0.308 e. The third kappa shape index (κ3) is 5.49. The summed E-state index contributed by atoms with van der Waals surface area (Å²) < 4.78 is 30.3. The zero-order chi connectivity index (χ0) is 24.2.